The number of amides is 1. The van der Waals surface area contributed by atoms with Gasteiger partial charge in [0.25, 0.3) is 5.91 Å². The Bertz CT molecular complexity index is 1150. The third kappa shape index (κ3) is 4.30. The van der Waals surface area contributed by atoms with Crippen LogP contribution in [-0.4, -0.2) is 37.7 Å². The summed E-state index contributed by atoms with van der Waals surface area (Å²) < 4.78 is 4.79. The third-order valence-electron chi connectivity index (χ3n) is 4.52. The molecule has 0 bridgehead atoms. The number of nitrogens with one attached hydrogen (secondary N) is 3. The Morgan fingerprint density at radius 1 is 1.27 bits per heavy atom. The lowest BCUT2D eigenvalue weighted by atomic mass is 10.1. The number of aromatic hydroxyl groups is 1. The fourth-order valence-electron chi connectivity index (χ4n) is 2.98. The van der Waals surface area contributed by atoms with Crippen molar-refractivity contribution in [2.24, 2.45) is 0 Å². The van der Waals surface area contributed by atoms with Gasteiger partial charge in [0.05, 0.1) is 5.69 Å². The SMILES string of the molecule is Cc1cnc(Nc2ccon2)nc1-c1c[nH]c(C(=O)NCCc2ccccc2O)c1. The van der Waals surface area contributed by atoms with Crippen LogP contribution in [0.5, 0.6) is 5.75 Å². The molecule has 3 aromatic heterocycles. The summed E-state index contributed by atoms with van der Waals surface area (Å²) in [5.74, 6) is 0.871. The van der Waals surface area contributed by atoms with E-state index in [0.717, 1.165) is 16.7 Å². The average molecular weight is 404 g/mol. The number of rotatable bonds is 7. The van der Waals surface area contributed by atoms with Crippen molar-refractivity contribution in [3.63, 3.8) is 0 Å². The predicted octanol–water partition coefficient (Wildman–Crippen LogP) is 3.19. The summed E-state index contributed by atoms with van der Waals surface area (Å²) in [5, 5.41) is 19.4. The number of carbonyl (C=O) groups is 1. The van der Waals surface area contributed by atoms with E-state index in [1.165, 1.54) is 6.26 Å². The topological polar surface area (TPSA) is 129 Å². The first-order valence-corrected chi connectivity index (χ1v) is 9.35. The number of para-hydroxylation sites is 1. The highest BCUT2D eigenvalue weighted by atomic mass is 16.5. The van der Waals surface area contributed by atoms with Crippen LogP contribution in [0.4, 0.5) is 11.8 Å². The van der Waals surface area contributed by atoms with Crippen molar-refractivity contribution in [3.05, 3.63) is 71.9 Å². The molecule has 1 amide bonds. The first-order chi connectivity index (χ1) is 14.6. The number of aromatic amines is 1. The summed E-state index contributed by atoms with van der Waals surface area (Å²) in [4.78, 5) is 24.2. The van der Waals surface area contributed by atoms with Crippen LogP contribution in [0.3, 0.4) is 0 Å². The Labute approximate surface area is 172 Å². The molecule has 152 valence electrons. The van der Waals surface area contributed by atoms with Crippen molar-refractivity contribution in [2.45, 2.75) is 13.3 Å². The molecule has 9 heteroatoms. The summed E-state index contributed by atoms with van der Waals surface area (Å²) >= 11 is 0. The van der Waals surface area contributed by atoms with Gasteiger partial charge in [-0.2, -0.15) is 0 Å². The predicted molar refractivity (Wildman–Crippen MR) is 110 cm³/mol. The lowest BCUT2D eigenvalue weighted by Gasteiger charge is -2.06. The number of aromatic nitrogens is 4. The van der Waals surface area contributed by atoms with Crippen LogP contribution in [-0.2, 0) is 6.42 Å². The zero-order valence-corrected chi connectivity index (χ0v) is 16.2. The van der Waals surface area contributed by atoms with Crippen molar-refractivity contribution < 1.29 is 14.4 Å². The van der Waals surface area contributed by atoms with Gasteiger partial charge in [-0.1, -0.05) is 23.4 Å². The van der Waals surface area contributed by atoms with Crippen LogP contribution in [0, 0.1) is 6.92 Å². The molecule has 0 saturated heterocycles. The molecule has 0 aliphatic rings. The summed E-state index contributed by atoms with van der Waals surface area (Å²) in [7, 11) is 0. The number of phenolic OH excluding ortho intramolecular Hbond substituents is 1. The molecule has 9 nitrogen and oxygen atoms in total. The first kappa shape index (κ1) is 19.2. The van der Waals surface area contributed by atoms with Gasteiger partial charge in [-0.05, 0) is 36.6 Å². The Morgan fingerprint density at radius 3 is 2.93 bits per heavy atom. The molecule has 30 heavy (non-hydrogen) atoms. The molecule has 4 rings (SSSR count). The molecule has 1 aromatic carbocycles. The van der Waals surface area contributed by atoms with Crippen molar-refractivity contribution in [3.8, 4) is 17.0 Å². The van der Waals surface area contributed by atoms with Crippen LogP contribution < -0.4 is 10.6 Å². The Hall–Kier alpha value is -4.14. The molecule has 0 aliphatic heterocycles. The second-order valence-corrected chi connectivity index (χ2v) is 6.67. The Morgan fingerprint density at radius 2 is 2.13 bits per heavy atom. The van der Waals surface area contributed by atoms with Gasteiger partial charge in [-0.3, -0.25) is 4.79 Å². The van der Waals surface area contributed by atoms with E-state index in [2.05, 4.69) is 30.7 Å². The second kappa shape index (κ2) is 8.48. The molecule has 0 fully saturated rings. The number of anilines is 2. The minimum Gasteiger partial charge on any atom is -0.508 e. The number of benzene rings is 1. The van der Waals surface area contributed by atoms with Gasteiger partial charge >= 0.3 is 0 Å². The van der Waals surface area contributed by atoms with E-state index in [-0.39, 0.29) is 11.7 Å². The normalized spacial score (nSPS) is 10.7. The van der Waals surface area contributed by atoms with E-state index < -0.39 is 0 Å². The number of hydrogen-bond donors (Lipinski definition) is 4. The lowest BCUT2D eigenvalue weighted by Crippen LogP contribution is -2.25. The van der Waals surface area contributed by atoms with E-state index in [1.54, 1.807) is 36.7 Å². The zero-order valence-electron chi connectivity index (χ0n) is 16.2. The average Bonchev–Trinajstić information content (AvgIpc) is 3.43. The van der Waals surface area contributed by atoms with Gasteiger partial charge in [0, 0.05) is 30.6 Å². The molecule has 0 aliphatic carbocycles. The summed E-state index contributed by atoms with van der Waals surface area (Å²) in [5.41, 5.74) is 3.54. The van der Waals surface area contributed by atoms with Gasteiger partial charge < -0.3 is 25.2 Å². The highest BCUT2D eigenvalue weighted by Gasteiger charge is 2.13. The van der Waals surface area contributed by atoms with Crippen molar-refractivity contribution in [1.82, 2.24) is 25.4 Å². The van der Waals surface area contributed by atoms with E-state index in [1.807, 2.05) is 19.1 Å². The van der Waals surface area contributed by atoms with Crippen molar-refractivity contribution >= 4 is 17.7 Å². The van der Waals surface area contributed by atoms with Gasteiger partial charge in [-0.15, -0.1) is 0 Å². The van der Waals surface area contributed by atoms with Gasteiger partial charge in [0.1, 0.15) is 17.7 Å². The van der Waals surface area contributed by atoms with Gasteiger partial charge in [-0.25, -0.2) is 9.97 Å². The van der Waals surface area contributed by atoms with Gasteiger partial charge in [0.15, 0.2) is 5.82 Å². The summed E-state index contributed by atoms with van der Waals surface area (Å²) in [6.07, 6.45) is 5.42. The maximum absolute atomic E-state index is 12.5. The molecular formula is C21H20N6O3. The second-order valence-electron chi connectivity index (χ2n) is 6.67. The van der Waals surface area contributed by atoms with E-state index in [4.69, 9.17) is 4.52 Å². The highest BCUT2D eigenvalue weighted by Crippen LogP contribution is 2.23. The number of H-pyrrole nitrogens is 1. The molecule has 0 radical (unpaired) electrons. The zero-order chi connectivity index (χ0) is 20.9. The summed E-state index contributed by atoms with van der Waals surface area (Å²) in [6.45, 7) is 2.30. The molecule has 0 saturated carbocycles. The molecule has 0 atom stereocenters. The van der Waals surface area contributed by atoms with Crippen LogP contribution in [0.2, 0.25) is 0 Å². The van der Waals surface area contributed by atoms with Crippen LogP contribution >= 0.6 is 0 Å². The monoisotopic (exact) mass is 404 g/mol. The first-order valence-electron chi connectivity index (χ1n) is 9.35. The van der Waals surface area contributed by atoms with Gasteiger partial charge in [0.2, 0.25) is 5.95 Å². The fourth-order valence-corrected chi connectivity index (χ4v) is 2.98. The number of carbonyl (C=O) groups excluding carboxylic acids is 1. The van der Waals surface area contributed by atoms with Crippen LogP contribution in [0.1, 0.15) is 21.6 Å². The largest absolute Gasteiger partial charge is 0.508 e. The smallest absolute Gasteiger partial charge is 0.267 e. The highest BCUT2D eigenvalue weighted by molar-refractivity contribution is 5.93. The lowest BCUT2D eigenvalue weighted by molar-refractivity contribution is 0.0949. The van der Waals surface area contributed by atoms with E-state index in [0.29, 0.717) is 36.1 Å². The molecular weight excluding hydrogens is 384 g/mol. The van der Waals surface area contributed by atoms with E-state index >= 15 is 0 Å². The van der Waals surface area contributed by atoms with Crippen molar-refractivity contribution in [2.75, 3.05) is 11.9 Å². The maximum atomic E-state index is 12.5. The Balaban J connectivity index is 1.43. The Kier molecular flexibility index (Phi) is 5.42. The number of phenols is 1. The quantitative estimate of drug-likeness (QED) is 0.372. The number of hydrogen-bond acceptors (Lipinski definition) is 7. The summed E-state index contributed by atoms with van der Waals surface area (Å²) in [6, 6.07) is 10.5. The number of nitrogens with zero attached hydrogens (tertiary/aromatic N) is 3. The molecule has 3 heterocycles. The minimum atomic E-state index is -0.232. The van der Waals surface area contributed by atoms with Crippen molar-refractivity contribution in [1.29, 1.82) is 0 Å². The van der Waals surface area contributed by atoms with Crippen LogP contribution in [0.25, 0.3) is 11.3 Å². The standard InChI is InChI=1S/C21H20N6O3/c1-13-11-24-21(25-18-7-9-30-27-18)26-19(13)15-10-16(23-12-15)20(29)22-8-6-14-4-2-3-5-17(14)28/h2-5,7,9-12,23,28H,6,8H2,1H3,(H,22,29)(H,24,25,26,27). The molecule has 0 unspecified atom stereocenters. The molecule has 4 N–H and O–H groups in total. The van der Waals surface area contributed by atoms with E-state index in [9.17, 15) is 9.90 Å². The van der Waals surface area contributed by atoms with Crippen LogP contribution in [0.15, 0.2) is 59.6 Å². The molecule has 0 spiro atoms. The maximum Gasteiger partial charge on any atom is 0.267 e. The fraction of sp³-hybridized carbons (Fsp3) is 0.143. The number of aryl methyl sites for hydroxylation is 1. The third-order valence-corrected chi connectivity index (χ3v) is 4.52. The molecule has 4 aromatic rings. The minimum absolute atomic E-state index is 0.225.